The number of hydrogen-bond donors (Lipinski definition) is 0. The van der Waals surface area contributed by atoms with Gasteiger partial charge in [-0.3, -0.25) is 14.4 Å². The van der Waals surface area contributed by atoms with Gasteiger partial charge in [0.25, 0.3) is 0 Å². The maximum absolute atomic E-state index is 12.2. The Labute approximate surface area is 132 Å². The number of rotatable bonds is 2. The quantitative estimate of drug-likeness (QED) is 0.832. The molecule has 3 saturated heterocycles. The van der Waals surface area contributed by atoms with Crippen LogP contribution in [0.15, 0.2) is 6.07 Å². The number of carbonyl (C=O) groups is 1. The largest absolute Gasteiger partial charge is 0.339 e. The molecular formula is C17H26N4O. The van der Waals surface area contributed by atoms with E-state index in [9.17, 15) is 4.79 Å². The van der Waals surface area contributed by atoms with Crippen molar-refractivity contribution in [3.05, 3.63) is 17.5 Å². The van der Waals surface area contributed by atoms with Gasteiger partial charge in [0.05, 0.1) is 5.69 Å². The number of carbonyl (C=O) groups excluding carboxylic acids is 1. The van der Waals surface area contributed by atoms with Crippen LogP contribution in [0.25, 0.3) is 0 Å². The lowest BCUT2D eigenvalue weighted by Crippen LogP contribution is -2.60. The Bertz CT molecular complexity index is 562. The normalized spacial score (nSPS) is 32.2. The predicted octanol–water partition coefficient (Wildman–Crippen LogP) is 1.56. The van der Waals surface area contributed by atoms with Gasteiger partial charge in [0.15, 0.2) is 0 Å². The van der Waals surface area contributed by atoms with Crippen molar-refractivity contribution in [2.24, 2.45) is 18.9 Å². The van der Waals surface area contributed by atoms with Crippen LogP contribution in [0.4, 0.5) is 0 Å². The molecule has 0 saturated carbocycles. The van der Waals surface area contributed by atoms with Crippen LogP contribution in [0.2, 0.25) is 0 Å². The third-order valence-corrected chi connectivity index (χ3v) is 5.81. The Morgan fingerprint density at radius 3 is 2.95 bits per heavy atom. The Kier molecular flexibility index (Phi) is 3.48. The second kappa shape index (κ2) is 5.37. The first-order valence-corrected chi connectivity index (χ1v) is 8.61. The van der Waals surface area contributed by atoms with E-state index in [1.165, 1.54) is 24.2 Å². The van der Waals surface area contributed by atoms with Crippen LogP contribution in [0.3, 0.4) is 0 Å². The first kappa shape index (κ1) is 14.2. The van der Waals surface area contributed by atoms with Gasteiger partial charge < -0.3 is 4.90 Å². The third-order valence-electron chi connectivity index (χ3n) is 5.81. The first-order valence-electron chi connectivity index (χ1n) is 8.61. The fraction of sp³-hybridized carbons (Fsp3) is 0.765. The highest BCUT2D eigenvalue weighted by Crippen LogP contribution is 2.38. The lowest BCUT2D eigenvalue weighted by atomic mass is 9.76. The molecule has 120 valence electrons. The van der Waals surface area contributed by atoms with Crippen molar-refractivity contribution in [3.8, 4) is 0 Å². The van der Waals surface area contributed by atoms with E-state index in [4.69, 9.17) is 0 Å². The summed E-state index contributed by atoms with van der Waals surface area (Å²) in [7, 11) is 2.01. The molecule has 5 nitrogen and oxygen atoms in total. The maximum Gasteiger partial charge on any atom is 0.222 e. The number of hydrogen-bond acceptors (Lipinski definition) is 3. The summed E-state index contributed by atoms with van der Waals surface area (Å²) in [4.78, 5) is 17.0. The number of aryl methyl sites for hydroxylation is 2. The van der Waals surface area contributed by atoms with Gasteiger partial charge in [-0.25, -0.2) is 0 Å². The summed E-state index contributed by atoms with van der Waals surface area (Å²) in [5.74, 6) is 1.73. The van der Waals surface area contributed by atoms with Gasteiger partial charge in [0.2, 0.25) is 5.91 Å². The molecule has 3 aliphatic heterocycles. The summed E-state index contributed by atoms with van der Waals surface area (Å²) in [5.41, 5.74) is 2.40. The summed E-state index contributed by atoms with van der Waals surface area (Å²) in [5, 5.41) is 4.60. The molecule has 2 bridgehead atoms. The molecule has 1 amide bonds. The molecule has 5 heteroatoms. The summed E-state index contributed by atoms with van der Waals surface area (Å²) < 4.78 is 1.96. The summed E-state index contributed by atoms with van der Waals surface area (Å²) >= 11 is 0. The third kappa shape index (κ3) is 2.45. The molecule has 3 atom stereocenters. The molecule has 4 heterocycles. The lowest BCUT2D eigenvalue weighted by molar-refractivity contribution is -0.145. The number of amides is 1. The van der Waals surface area contributed by atoms with Crippen LogP contribution in [0.1, 0.15) is 37.1 Å². The zero-order chi connectivity index (χ0) is 15.3. The van der Waals surface area contributed by atoms with E-state index in [0.29, 0.717) is 23.8 Å². The summed E-state index contributed by atoms with van der Waals surface area (Å²) in [6.45, 7) is 6.28. The molecule has 4 rings (SSSR count). The van der Waals surface area contributed by atoms with E-state index in [1.54, 1.807) is 0 Å². The van der Waals surface area contributed by atoms with Crippen LogP contribution < -0.4 is 0 Å². The number of fused-ring (bicyclic) bond motifs is 4. The van der Waals surface area contributed by atoms with Crippen molar-refractivity contribution in [2.45, 2.75) is 45.2 Å². The Morgan fingerprint density at radius 1 is 1.32 bits per heavy atom. The van der Waals surface area contributed by atoms with Crippen LogP contribution in [-0.4, -0.2) is 51.2 Å². The number of likely N-dealkylation sites (tertiary alicyclic amines) is 1. The molecule has 0 radical (unpaired) electrons. The minimum Gasteiger partial charge on any atom is -0.339 e. The Morgan fingerprint density at radius 2 is 2.18 bits per heavy atom. The van der Waals surface area contributed by atoms with Gasteiger partial charge in [-0.1, -0.05) is 0 Å². The molecule has 0 aromatic carbocycles. The second-order valence-electron chi connectivity index (χ2n) is 7.46. The maximum atomic E-state index is 12.2. The fourth-order valence-electron chi connectivity index (χ4n) is 4.78. The smallest absolute Gasteiger partial charge is 0.222 e. The average Bonchev–Trinajstić information content (AvgIpc) is 2.78. The minimum atomic E-state index is 0.403. The molecular weight excluding hydrogens is 276 g/mol. The monoisotopic (exact) mass is 302 g/mol. The lowest BCUT2D eigenvalue weighted by Gasteiger charge is -2.52. The van der Waals surface area contributed by atoms with E-state index < -0.39 is 0 Å². The molecule has 3 aliphatic rings. The Balaban J connectivity index is 1.47. The zero-order valence-corrected chi connectivity index (χ0v) is 13.7. The van der Waals surface area contributed by atoms with Crippen molar-refractivity contribution in [1.82, 2.24) is 19.6 Å². The second-order valence-corrected chi connectivity index (χ2v) is 7.46. The first-order chi connectivity index (χ1) is 10.6. The molecule has 0 N–H and O–H groups in total. The predicted molar refractivity (Wildman–Crippen MR) is 84.2 cm³/mol. The molecule has 22 heavy (non-hydrogen) atoms. The van der Waals surface area contributed by atoms with Crippen LogP contribution in [-0.2, 0) is 18.4 Å². The van der Waals surface area contributed by atoms with Crippen molar-refractivity contribution >= 4 is 5.91 Å². The van der Waals surface area contributed by atoms with E-state index >= 15 is 0 Å². The van der Waals surface area contributed by atoms with E-state index in [1.807, 2.05) is 11.7 Å². The number of piperidine rings is 3. The number of nitrogens with zero attached hydrogens (tertiary/aromatic N) is 4. The van der Waals surface area contributed by atoms with Gasteiger partial charge in [-0.2, -0.15) is 5.10 Å². The van der Waals surface area contributed by atoms with E-state index in [2.05, 4.69) is 27.9 Å². The van der Waals surface area contributed by atoms with Crippen molar-refractivity contribution in [3.63, 3.8) is 0 Å². The standard InChI is InChI=1S/C17H26N4O/c1-12-6-15(18-19(12)2)11-20-8-13-7-14(10-20)16-4-3-5-17(22)21(16)9-13/h6,13-14,16H,3-5,7-11H2,1-2H3/t13-,14-,16-/m0/s1. The molecule has 0 aliphatic carbocycles. The topological polar surface area (TPSA) is 41.4 Å². The summed E-state index contributed by atoms with van der Waals surface area (Å²) in [6, 6.07) is 2.70. The van der Waals surface area contributed by atoms with Crippen molar-refractivity contribution in [1.29, 1.82) is 0 Å². The highest BCUT2D eigenvalue weighted by Gasteiger charge is 2.43. The SMILES string of the molecule is Cc1cc(CN2C[C@@H]3C[C@@H](C2)[C@@H]2CCCC(=O)N2C3)nn1C. The van der Waals surface area contributed by atoms with E-state index in [-0.39, 0.29) is 0 Å². The van der Waals surface area contributed by atoms with Gasteiger partial charge in [-0.15, -0.1) is 0 Å². The van der Waals surface area contributed by atoms with Gasteiger partial charge >= 0.3 is 0 Å². The highest BCUT2D eigenvalue weighted by molar-refractivity contribution is 5.77. The van der Waals surface area contributed by atoms with Gasteiger partial charge in [0.1, 0.15) is 0 Å². The fourth-order valence-corrected chi connectivity index (χ4v) is 4.78. The summed E-state index contributed by atoms with van der Waals surface area (Å²) in [6.07, 6.45) is 4.37. The van der Waals surface area contributed by atoms with E-state index in [0.717, 1.165) is 39.0 Å². The van der Waals surface area contributed by atoms with Gasteiger partial charge in [-0.05, 0) is 44.1 Å². The van der Waals surface area contributed by atoms with Crippen molar-refractivity contribution in [2.75, 3.05) is 19.6 Å². The van der Waals surface area contributed by atoms with Crippen LogP contribution >= 0.6 is 0 Å². The zero-order valence-electron chi connectivity index (χ0n) is 13.7. The minimum absolute atomic E-state index is 0.403. The van der Waals surface area contributed by atoms with Gasteiger partial charge in [0, 0.05) is 51.4 Å². The van der Waals surface area contributed by atoms with Crippen LogP contribution in [0, 0.1) is 18.8 Å². The molecule has 0 unspecified atom stereocenters. The molecule has 0 spiro atoms. The Hall–Kier alpha value is -1.36. The molecule has 3 fully saturated rings. The average molecular weight is 302 g/mol. The highest BCUT2D eigenvalue weighted by atomic mass is 16.2. The van der Waals surface area contributed by atoms with Crippen molar-refractivity contribution < 1.29 is 4.79 Å². The van der Waals surface area contributed by atoms with Crippen LogP contribution in [0.5, 0.6) is 0 Å². The number of aromatic nitrogens is 2. The molecule has 1 aromatic rings. The molecule has 1 aromatic heterocycles.